The van der Waals surface area contributed by atoms with E-state index in [0.717, 1.165) is 16.6 Å². The van der Waals surface area contributed by atoms with Gasteiger partial charge < -0.3 is 10.0 Å². The zero-order chi connectivity index (χ0) is 16.1. The minimum Gasteiger partial charge on any atom is -0.481 e. The van der Waals surface area contributed by atoms with Crippen molar-refractivity contribution in [3.8, 4) is 0 Å². The summed E-state index contributed by atoms with van der Waals surface area (Å²) in [5, 5.41) is 19.3. The number of nitrogens with zero attached hydrogens (tertiary/aromatic N) is 3. The lowest BCUT2D eigenvalue weighted by molar-refractivity contribution is -0.140. The molecule has 5 nitrogen and oxygen atoms in total. The maximum atomic E-state index is 11.2. The van der Waals surface area contributed by atoms with Crippen LogP contribution >= 0.6 is 11.3 Å². The standard InChI is InChI=1S/C16H21N3O2S/c1-4-14-17-18-16(22-14)19(9-12(3)15(20)21)10-13-8-6-5-7-11(13)2/h5-8,12H,4,9-10H2,1-3H3,(H,20,21). The summed E-state index contributed by atoms with van der Waals surface area (Å²) in [6.07, 6.45) is 0.838. The van der Waals surface area contributed by atoms with Crippen LogP contribution in [-0.2, 0) is 17.8 Å². The number of carboxylic acid groups (broad SMARTS) is 1. The number of aliphatic carboxylic acids is 1. The molecule has 22 heavy (non-hydrogen) atoms. The molecule has 1 unspecified atom stereocenters. The zero-order valence-corrected chi connectivity index (χ0v) is 13.9. The van der Waals surface area contributed by atoms with Gasteiger partial charge in [0.1, 0.15) is 5.01 Å². The number of anilines is 1. The molecule has 0 amide bonds. The van der Waals surface area contributed by atoms with E-state index in [-0.39, 0.29) is 0 Å². The van der Waals surface area contributed by atoms with Gasteiger partial charge in [0, 0.05) is 13.1 Å². The highest BCUT2D eigenvalue weighted by atomic mass is 32.1. The maximum Gasteiger partial charge on any atom is 0.308 e. The van der Waals surface area contributed by atoms with Gasteiger partial charge in [-0.25, -0.2) is 0 Å². The van der Waals surface area contributed by atoms with E-state index in [1.807, 2.05) is 24.0 Å². The van der Waals surface area contributed by atoms with Crippen molar-refractivity contribution < 1.29 is 9.90 Å². The second-order valence-corrected chi connectivity index (χ2v) is 6.42. The van der Waals surface area contributed by atoms with E-state index in [1.54, 1.807) is 6.92 Å². The lowest BCUT2D eigenvalue weighted by Crippen LogP contribution is -2.31. The molecule has 2 rings (SSSR count). The molecule has 6 heteroatoms. The largest absolute Gasteiger partial charge is 0.481 e. The Bertz CT molecular complexity index is 642. The van der Waals surface area contributed by atoms with Gasteiger partial charge in [-0.2, -0.15) is 0 Å². The fourth-order valence-electron chi connectivity index (χ4n) is 2.13. The molecule has 0 bridgehead atoms. The number of carbonyl (C=O) groups is 1. The molecule has 0 aliphatic rings. The number of aryl methyl sites for hydroxylation is 2. The summed E-state index contributed by atoms with van der Waals surface area (Å²) in [6, 6.07) is 8.13. The van der Waals surface area contributed by atoms with Crippen molar-refractivity contribution in [2.75, 3.05) is 11.4 Å². The highest BCUT2D eigenvalue weighted by Crippen LogP contribution is 2.24. The number of aromatic nitrogens is 2. The summed E-state index contributed by atoms with van der Waals surface area (Å²) < 4.78 is 0. The van der Waals surface area contributed by atoms with E-state index in [2.05, 4.69) is 29.3 Å². The number of hydrogen-bond acceptors (Lipinski definition) is 5. The molecule has 0 saturated heterocycles. The molecule has 0 radical (unpaired) electrons. The van der Waals surface area contributed by atoms with Crippen LogP contribution in [0.4, 0.5) is 5.13 Å². The fourth-order valence-corrected chi connectivity index (χ4v) is 2.91. The van der Waals surface area contributed by atoms with Crippen molar-refractivity contribution in [2.24, 2.45) is 5.92 Å². The molecule has 1 atom stereocenters. The van der Waals surface area contributed by atoms with Gasteiger partial charge in [-0.1, -0.05) is 49.4 Å². The van der Waals surface area contributed by atoms with Crippen LogP contribution in [0.3, 0.4) is 0 Å². The number of benzene rings is 1. The van der Waals surface area contributed by atoms with Gasteiger partial charge in [-0.3, -0.25) is 4.79 Å². The molecule has 1 N–H and O–H groups in total. The van der Waals surface area contributed by atoms with E-state index >= 15 is 0 Å². The van der Waals surface area contributed by atoms with Crippen molar-refractivity contribution in [2.45, 2.75) is 33.7 Å². The Balaban J connectivity index is 2.24. The van der Waals surface area contributed by atoms with Gasteiger partial charge in [0.15, 0.2) is 0 Å². The second-order valence-electron chi connectivity index (χ2n) is 5.38. The quantitative estimate of drug-likeness (QED) is 0.849. The molecule has 1 aromatic heterocycles. The lowest BCUT2D eigenvalue weighted by Gasteiger charge is -2.24. The normalized spacial score (nSPS) is 12.1. The van der Waals surface area contributed by atoms with Crippen LogP contribution in [-0.4, -0.2) is 27.8 Å². The predicted octanol–water partition coefficient (Wildman–Crippen LogP) is 3.14. The monoisotopic (exact) mass is 319 g/mol. The van der Waals surface area contributed by atoms with Crippen molar-refractivity contribution in [1.29, 1.82) is 0 Å². The molecule has 0 aliphatic heterocycles. The highest BCUT2D eigenvalue weighted by Gasteiger charge is 2.20. The summed E-state index contributed by atoms with van der Waals surface area (Å²) in [7, 11) is 0. The number of hydrogen-bond donors (Lipinski definition) is 1. The molecule has 0 saturated carbocycles. The SMILES string of the molecule is CCc1nnc(N(Cc2ccccc2C)CC(C)C(=O)O)s1. The zero-order valence-electron chi connectivity index (χ0n) is 13.1. The van der Waals surface area contributed by atoms with E-state index in [1.165, 1.54) is 22.5 Å². The summed E-state index contributed by atoms with van der Waals surface area (Å²) in [5.41, 5.74) is 2.36. The summed E-state index contributed by atoms with van der Waals surface area (Å²) >= 11 is 1.53. The molecule has 0 fully saturated rings. The molecule has 1 heterocycles. The molecule has 118 valence electrons. The summed E-state index contributed by atoms with van der Waals surface area (Å²) in [4.78, 5) is 13.2. The first-order valence-corrected chi connectivity index (χ1v) is 8.17. The Morgan fingerprint density at radius 2 is 2.09 bits per heavy atom. The average molecular weight is 319 g/mol. The van der Waals surface area contributed by atoms with E-state index in [9.17, 15) is 9.90 Å². The minimum absolute atomic E-state index is 0.419. The summed E-state index contributed by atoms with van der Waals surface area (Å²) in [5.74, 6) is -1.26. The van der Waals surface area contributed by atoms with Gasteiger partial charge in [0.2, 0.25) is 5.13 Å². The Morgan fingerprint density at radius 3 is 2.68 bits per heavy atom. The van der Waals surface area contributed by atoms with E-state index in [0.29, 0.717) is 13.1 Å². The van der Waals surface area contributed by atoms with Gasteiger partial charge in [0.25, 0.3) is 0 Å². The van der Waals surface area contributed by atoms with Crippen LogP contribution in [0, 0.1) is 12.8 Å². The van der Waals surface area contributed by atoms with Crippen LogP contribution in [0.2, 0.25) is 0 Å². The molecule has 1 aromatic carbocycles. The topological polar surface area (TPSA) is 66.3 Å². The highest BCUT2D eigenvalue weighted by molar-refractivity contribution is 7.15. The third kappa shape index (κ3) is 4.04. The number of carboxylic acids is 1. The molecular formula is C16H21N3O2S. The third-order valence-electron chi connectivity index (χ3n) is 3.57. The van der Waals surface area contributed by atoms with Crippen molar-refractivity contribution in [3.63, 3.8) is 0 Å². The van der Waals surface area contributed by atoms with Gasteiger partial charge in [0.05, 0.1) is 5.92 Å². The minimum atomic E-state index is -0.796. The van der Waals surface area contributed by atoms with Crippen LogP contribution in [0.5, 0.6) is 0 Å². The smallest absolute Gasteiger partial charge is 0.308 e. The fraction of sp³-hybridized carbons (Fsp3) is 0.438. The third-order valence-corrected chi connectivity index (χ3v) is 4.70. The van der Waals surface area contributed by atoms with E-state index < -0.39 is 11.9 Å². The Hall–Kier alpha value is -1.95. The molecule has 2 aromatic rings. The second kappa shape index (κ2) is 7.35. The first-order valence-electron chi connectivity index (χ1n) is 7.36. The Morgan fingerprint density at radius 1 is 1.36 bits per heavy atom. The summed E-state index contributed by atoms with van der Waals surface area (Å²) in [6.45, 7) is 6.88. The van der Waals surface area contributed by atoms with Gasteiger partial charge in [-0.15, -0.1) is 10.2 Å². The van der Waals surface area contributed by atoms with Crippen LogP contribution < -0.4 is 4.90 Å². The maximum absolute atomic E-state index is 11.2. The Labute approximate surface area is 134 Å². The van der Waals surface area contributed by atoms with Gasteiger partial charge >= 0.3 is 5.97 Å². The van der Waals surface area contributed by atoms with Crippen LogP contribution in [0.15, 0.2) is 24.3 Å². The first kappa shape index (κ1) is 16.4. The molecule has 0 spiro atoms. The molecular weight excluding hydrogens is 298 g/mol. The predicted molar refractivity (Wildman–Crippen MR) is 88.3 cm³/mol. The van der Waals surface area contributed by atoms with Crippen LogP contribution in [0.1, 0.15) is 30.0 Å². The molecule has 0 aliphatic carbocycles. The van der Waals surface area contributed by atoms with Gasteiger partial charge in [-0.05, 0) is 24.5 Å². The Kier molecular flexibility index (Phi) is 5.49. The van der Waals surface area contributed by atoms with Crippen LogP contribution in [0.25, 0.3) is 0 Å². The average Bonchev–Trinajstić information content (AvgIpc) is 2.97. The van der Waals surface area contributed by atoms with E-state index in [4.69, 9.17) is 0 Å². The first-order chi connectivity index (χ1) is 10.5. The lowest BCUT2D eigenvalue weighted by atomic mass is 10.1. The number of rotatable bonds is 7. The van der Waals surface area contributed by atoms with Crippen molar-refractivity contribution in [1.82, 2.24) is 10.2 Å². The van der Waals surface area contributed by atoms with Crippen molar-refractivity contribution >= 4 is 22.4 Å². The van der Waals surface area contributed by atoms with Crippen molar-refractivity contribution in [3.05, 3.63) is 40.4 Å².